The summed E-state index contributed by atoms with van der Waals surface area (Å²) in [4.78, 5) is 51.2. The van der Waals surface area contributed by atoms with Crippen LogP contribution < -0.4 is 10.1 Å². The van der Waals surface area contributed by atoms with Crippen molar-refractivity contribution < 1.29 is 23.9 Å². The number of amides is 3. The van der Waals surface area contributed by atoms with Gasteiger partial charge >= 0.3 is 0 Å². The molecular weight excluding hydrogens is 372 g/mol. The molecule has 1 N–H and O–H groups in total. The molecule has 0 aromatic heterocycles. The van der Waals surface area contributed by atoms with E-state index in [0.29, 0.717) is 17.0 Å². The zero-order valence-electron chi connectivity index (χ0n) is 16.3. The van der Waals surface area contributed by atoms with Crippen LogP contribution in [0.5, 0.6) is 5.75 Å². The van der Waals surface area contributed by atoms with Crippen molar-refractivity contribution in [3.63, 3.8) is 0 Å². The number of nitrogens with zero attached hydrogens (tertiary/aromatic N) is 1. The molecule has 3 amide bonds. The normalized spacial score (nSPS) is 18.0. The minimum Gasteiger partial charge on any atom is -0.487 e. The number of anilines is 1. The van der Waals surface area contributed by atoms with Crippen LogP contribution in [0.3, 0.4) is 0 Å². The van der Waals surface area contributed by atoms with Gasteiger partial charge in [0.15, 0.2) is 5.78 Å². The minimum atomic E-state index is -1.01. The lowest BCUT2D eigenvalue weighted by Crippen LogP contribution is -2.45. The molecule has 0 fully saturated rings. The second-order valence-corrected chi connectivity index (χ2v) is 7.86. The third-order valence-corrected chi connectivity index (χ3v) is 5.11. The minimum absolute atomic E-state index is 0.0688. The Kier molecular flexibility index (Phi) is 4.26. The predicted molar refractivity (Wildman–Crippen MR) is 105 cm³/mol. The molecule has 0 saturated heterocycles. The molecule has 2 heterocycles. The van der Waals surface area contributed by atoms with Crippen LogP contribution in [0.2, 0.25) is 0 Å². The largest absolute Gasteiger partial charge is 0.487 e. The number of ketones is 1. The van der Waals surface area contributed by atoms with Gasteiger partial charge in [-0.25, -0.2) is 0 Å². The molecule has 2 aromatic carbocycles. The molecule has 1 atom stereocenters. The zero-order chi connectivity index (χ0) is 20.9. The Hall–Kier alpha value is -3.48. The molecule has 0 aliphatic carbocycles. The van der Waals surface area contributed by atoms with Gasteiger partial charge in [0.2, 0.25) is 5.91 Å². The van der Waals surface area contributed by atoms with Gasteiger partial charge in [-0.3, -0.25) is 24.1 Å². The standard InChI is InChI=1S/C22H20N2O5/c1-12(24-20(27)14-6-4-5-7-15(14)21(24)28)19(26)23-13-8-9-18-16(10-13)17(25)11-22(2,3)29-18/h4-10,12H,11H2,1-3H3,(H,23,26). The summed E-state index contributed by atoms with van der Waals surface area (Å²) in [6.45, 7) is 5.17. The highest BCUT2D eigenvalue weighted by molar-refractivity contribution is 6.23. The van der Waals surface area contributed by atoms with Crippen molar-refractivity contribution in [2.75, 3.05) is 5.32 Å². The summed E-state index contributed by atoms with van der Waals surface area (Å²) in [7, 11) is 0. The van der Waals surface area contributed by atoms with E-state index in [2.05, 4.69) is 5.32 Å². The monoisotopic (exact) mass is 392 g/mol. The number of hydrogen-bond acceptors (Lipinski definition) is 5. The van der Waals surface area contributed by atoms with E-state index in [0.717, 1.165) is 4.90 Å². The van der Waals surface area contributed by atoms with E-state index in [-0.39, 0.29) is 23.3 Å². The second-order valence-electron chi connectivity index (χ2n) is 7.86. The van der Waals surface area contributed by atoms with E-state index in [1.54, 1.807) is 42.5 Å². The van der Waals surface area contributed by atoms with E-state index >= 15 is 0 Å². The van der Waals surface area contributed by atoms with Crippen LogP contribution in [0, 0.1) is 0 Å². The van der Waals surface area contributed by atoms with E-state index in [4.69, 9.17) is 4.74 Å². The number of hydrogen-bond donors (Lipinski definition) is 1. The van der Waals surface area contributed by atoms with E-state index in [1.165, 1.54) is 6.92 Å². The molecule has 2 aliphatic heterocycles. The van der Waals surface area contributed by atoms with Gasteiger partial charge in [-0.1, -0.05) is 12.1 Å². The molecule has 0 radical (unpaired) electrons. The number of benzene rings is 2. The molecule has 1 unspecified atom stereocenters. The Morgan fingerprint density at radius 3 is 2.28 bits per heavy atom. The Labute approximate surface area is 167 Å². The fraction of sp³-hybridized carbons (Fsp3) is 0.273. The van der Waals surface area contributed by atoms with Crippen LogP contribution in [0.1, 0.15) is 58.3 Å². The lowest BCUT2D eigenvalue weighted by Gasteiger charge is -2.31. The summed E-state index contributed by atoms with van der Waals surface area (Å²) in [6.07, 6.45) is 0.239. The molecule has 0 bridgehead atoms. The number of ether oxygens (including phenoxy) is 1. The van der Waals surface area contributed by atoms with Crippen molar-refractivity contribution >= 4 is 29.2 Å². The fourth-order valence-corrected chi connectivity index (χ4v) is 3.65. The van der Waals surface area contributed by atoms with Crippen molar-refractivity contribution in [2.45, 2.75) is 38.8 Å². The van der Waals surface area contributed by atoms with Crippen LogP contribution in [-0.4, -0.2) is 40.0 Å². The molecule has 0 saturated carbocycles. The smallest absolute Gasteiger partial charge is 0.262 e. The average Bonchev–Trinajstić information content (AvgIpc) is 2.92. The van der Waals surface area contributed by atoms with Gasteiger partial charge in [-0.05, 0) is 51.1 Å². The quantitative estimate of drug-likeness (QED) is 0.811. The maximum atomic E-state index is 12.7. The molecule has 148 valence electrons. The van der Waals surface area contributed by atoms with Crippen LogP contribution in [0.4, 0.5) is 5.69 Å². The zero-order valence-corrected chi connectivity index (χ0v) is 16.3. The molecular formula is C22H20N2O5. The van der Waals surface area contributed by atoms with Crippen molar-refractivity contribution in [3.05, 3.63) is 59.2 Å². The second kappa shape index (κ2) is 6.55. The third kappa shape index (κ3) is 3.18. The first-order valence-corrected chi connectivity index (χ1v) is 9.32. The lowest BCUT2D eigenvalue weighted by atomic mass is 9.93. The Balaban J connectivity index is 1.53. The number of fused-ring (bicyclic) bond motifs is 2. The van der Waals surface area contributed by atoms with Gasteiger partial charge in [0.05, 0.1) is 23.1 Å². The van der Waals surface area contributed by atoms with Crippen molar-refractivity contribution in [3.8, 4) is 5.75 Å². The number of Topliss-reactive ketones (excluding diaryl/α,β-unsaturated/α-hetero) is 1. The number of nitrogens with one attached hydrogen (secondary N) is 1. The molecule has 2 aromatic rings. The predicted octanol–water partition coefficient (Wildman–Crippen LogP) is 3.05. The van der Waals surface area contributed by atoms with Gasteiger partial charge in [-0.15, -0.1) is 0 Å². The molecule has 7 nitrogen and oxygen atoms in total. The number of rotatable bonds is 3. The van der Waals surface area contributed by atoms with E-state index in [1.807, 2.05) is 13.8 Å². The Morgan fingerprint density at radius 2 is 1.66 bits per heavy atom. The average molecular weight is 392 g/mol. The van der Waals surface area contributed by atoms with Gasteiger partial charge in [0.1, 0.15) is 17.4 Å². The fourth-order valence-electron chi connectivity index (χ4n) is 3.65. The molecule has 4 rings (SSSR count). The van der Waals surface area contributed by atoms with Gasteiger partial charge in [-0.2, -0.15) is 0 Å². The summed E-state index contributed by atoms with van der Waals surface area (Å²) in [5.41, 5.74) is 0.798. The van der Waals surface area contributed by atoms with Crippen molar-refractivity contribution in [1.82, 2.24) is 4.90 Å². The highest BCUT2D eigenvalue weighted by Crippen LogP contribution is 2.34. The SMILES string of the molecule is CC(C(=O)Nc1ccc2c(c1)C(=O)CC(C)(C)O2)N1C(=O)c2ccccc2C1=O. The number of imide groups is 1. The third-order valence-electron chi connectivity index (χ3n) is 5.11. The summed E-state index contributed by atoms with van der Waals surface area (Å²) >= 11 is 0. The Morgan fingerprint density at radius 1 is 1.03 bits per heavy atom. The lowest BCUT2D eigenvalue weighted by molar-refractivity contribution is -0.119. The molecule has 2 aliphatic rings. The van der Waals surface area contributed by atoms with Crippen LogP contribution in [-0.2, 0) is 4.79 Å². The summed E-state index contributed by atoms with van der Waals surface area (Å²) in [5.74, 6) is -1.11. The van der Waals surface area contributed by atoms with Gasteiger partial charge < -0.3 is 10.1 Å². The van der Waals surface area contributed by atoms with E-state index < -0.39 is 29.4 Å². The molecule has 0 spiro atoms. The van der Waals surface area contributed by atoms with E-state index in [9.17, 15) is 19.2 Å². The molecule has 7 heteroatoms. The van der Waals surface area contributed by atoms with Crippen molar-refractivity contribution in [2.24, 2.45) is 0 Å². The van der Waals surface area contributed by atoms with Crippen LogP contribution >= 0.6 is 0 Å². The van der Waals surface area contributed by atoms with Crippen molar-refractivity contribution in [1.29, 1.82) is 0 Å². The summed E-state index contributed by atoms with van der Waals surface area (Å²) in [6, 6.07) is 10.3. The topological polar surface area (TPSA) is 92.8 Å². The number of carbonyl (C=O) groups is 4. The first kappa shape index (κ1) is 18.9. The van der Waals surface area contributed by atoms with Gasteiger partial charge in [0.25, 0.3) is 11.8 Å². The highest BCUT2D eigenvalue weighted by Gasteiger charge is 2.40. The first-order valence-electron chi connectivity index (χ1n) is 9.32. The highest BCUT2D eigenvalue weighted by atomic mass is 16.5. The van der Waals surface area contributed by atoms with Crippen LogP contribution in [0.15, 0.2) is 42.5 Å². The summed E-state index contributed by atoms with van der Waals surface area (Å²) in [5, 5.41) is 2.69. The first-order chi connectivity index (χ1) is 13.7. The maximum absolute atomic E-state index is 12.7. The molecule has 29 heavy (non-hydrogen) atoms. The van der Waals surface area contributed by atoms with Gasteiger partial charge in [0, 0.05) is 5.69 Å². The maximum Gasteiger partial charge on any atom is 0.262 e. The summed E-state index contributed by atoms with van der Waals surface area (Å²) < 4.78 is 5.81. The van der Waals surface area contributed by atoms with Crippen LogP contribution in [0.25, 0.3) is 0 Å². The number of carbonyl (C=O) groups excluding carboxylic acids is 4. The Bertz CT molecular complexity index is 1040.